The van der Waals surface area contributed by atoms with E-state index in [9.17, 15) is 10.1 Å². The number of urea groups is 1. The molecule has 0 radical (unpaired) electrons. The summed E-state index contributed by atoms with van der Waals surface area (Å²) in [6, 6.07) is 9.90. The van der Waals surface area contributed by atoms with Crippen LogP contribution >= 0.6 is 0 Å². The Morgan fingerprint density at radius 2 is 2.06 bits per heavy atom. The Hall–Kier alpha value is -2.14. The van der Waals surface area contributed by atoms with Crippen LogP contribution in [0.4, 0.5) is 4.79 Å². The molecule has 1 saturated carbocycles. The number of amides is 2. The molecule has 7 heteroatoms. The van der Waals surface area contributed by atoms with Gasteiger partial charge in [-0.2, -0.15) is 5.26 Å². The van der Waals surface area contributed by atoms with E-state index in [-0.39, 0.29) is 24.1 Å². The first kappa shape index (κ1) is 26.5. The van der Waals surface area contributed by atoms with Gasteiger partial charge in [0.15, 0.2) is 0 Å². The lowest BCUT2D eigenvalue weighted by atomic mass is 9.85. The van der Waals surface area contributed by atoms with Gasteiger partial charge in [-0.05, 0) is 49.3 Å². The van der Waals surface area contributed by atoms with E-state index in [1.165, 1.54) is 32.1 Å². The summed E-state index contributed by atoms with van der Waals surface area (Å²) in [6.45, 7) is 3.09. The van der Waals surface area contributed by atoms with E-state index < -0.39 is 0 Å². The number of piperidine rings is 1. The van der Waals surface area contributed by atoms with Crippen LogP contribution in [-0.4, -0.2) is 56.9 Å². The highest BCUT2D eigenvalue weighted by Crippen LogP contribution is 2.34. The predicted molar refractivity (Wildman–Crippen MR) is 133 cm³/mol. The summed E-state index contributed by atoms with van der Waals surface area (Å²) in [5, 5.41) is 12.6. The fourth-order valence-electron chi connectivity index (χ4n) is 5.45. The maximum Gasteiger partial charge on any atom is 0.317 e. The zero-order valence-electron chi connectivity index (χ0n) is 20.7. The molecule has 1 aromatic carbocycles. The lowest BCUT2D eigenvalue weighted by Crippen LogP contribution is -2.51. The minimum Gasteiger partial charge on any atom is -0.385 e. The molecule has 34 heavy (non-hydrogen) atoms. The zero-order chi connectivity index (χ0) is 24.2. The number of nitrogens with zero attached hydrogens (tertiary/aromatic N) is 2. The Kier molecular flexibility index (Phi) is 11.1. The molecule has 7 nitrogen and oxygen atoms in total. The van der Waals surface area contributed by atoms with Crippen LogP contribution in [0.25, 0.3) is 0 Å². The minimum absolute atomic E-state index is 0.0140. The van der Waals surface area contributed by atoms with Crippen molar-refractivity contribution in [3.63, 3.8) is 0 Å². The molecular formula is C27H42N4O3. The zero-order valence-corrected chi connectivity index (χ0v) is 20.7. The van der Waals surface area contributed by atoms with E-state index in [0.717, 1.165) is 37.8 Å². The topological polar surface area (TPSA) is 101 Å². The third-order valence-corrected chi connectivity index (χ3v) is 7.26. The molecule has 0 spiro atoms. The van der Waals surface area contributed by atoms with Gasteiger partial charge >= 0.3 is 6.03 Å². The second-order valence-corrected chi connectivity index (χ2v) is 9.85. The Morgan fingerprint density at radius 3 is 2.79 bits per heavy atom. The first-order valence-electron chi connectivity index (χ1n) is 13.0. The van der Waals surface area contributed by atoms with Gasteiger partial charge in [0, 0.05) is 51.9 Å². The van der Waals surface area contributed by atoms with Crippen molar-refractivity contribution in [3.8, 4) is 6.07 Å². The first-order valence-corrected chi connectivity index (χ1v) is 13.0. The highest BCUT2D eigenvalue weighted by atomic mass is 16.5. The number of benzene rings is 1. The predicted octanol–water partition coefficient (Wildman–Crippen LogP) is 4.37. The molecule has 1 aromatic rings. The Balaban J connectivity index is 1.63. The number of ether oxygens (including phenoxy) is 2. The first-order chi connectivity index (χ1) is 16.6. The number of hydrogen-bond acceptors (Lipinski definition) is 5. The van der Waals surface area contributed by atoms with Gasteiger partial charge in [0.2, 0.25) is 0 Å². The standard InChI is InChI=1S/C27H42N4O3/c1-33-14-7-15-34-26(23-11-5-10-22(16-23)18-28)24-12-6-13-31(20-24)27(32)30-25(19-29)17-21-8-3-2-4-9-21/h5,10-11,16,21,24-26H,2-4,6-9,12-15,17,19-20,29H2,1H3,(H,30,32)/t24-,25+,26+/m1/s1. The molecule has 1 aliphatic carbocycles. The molecule has 1 heterocycles. The van der Waals surface area contributed by atoms with E-state index in [4.69, 9.17) is 15.2 Å². The number of likely N-dealkylation sites (tertiary alicyclic amines) is 1. The third kappa shape index (κ3) is 7.97. The Morgan fingerprint density at radius 1 is 1.24 bits per heavy atom. The van der Waals surface area contributed by atoms with Gasteiger partial charge in [-0.15, -0.1) is 0 Å². The number of nitrogens with one attached hydrogen (secondary N) is 1. The third-order valence-electron chi connectivity index (χ3n) is 7.26. The second kappa shape index (κ2) is 14.3. The summed E-state index contributed by atoms with van der Waals surface area (Å²) < 4.78 is 11.5. The molecule has 0 unspecified atom stereocenters. The van der Waals surface area contributed by atoms with Crippen LogP contribution in [0.2, 0.25) is 0 Å². The molecule has 3 atom stereocenters. The fraction of sp³-hybridized carbons (Fsp3) is 0.704. The average Bonchev–Trinajstić information content (AvgIpc) is 2.89. The van der Waals surface area contributed by atoms with Gasteiger partial charge in [0.1, 0.15) is 0 Å². The maximum absolute atomic E-state index is 13.2. The molecule has 1 aliphatic heterocycles. The Bertz CT molecular complexity index is 790. The highest BCUT2D eigenvalue weighted by Gasteiger charge is 2.32. The van der Waals surface area contributed by atoms with Gasteiger partial charge in [0.05, 0.1) is 17.7 Å². The van der Waals surface area contributed by atoms with Crippen LogP contribution in [0.3, 0.4) is 0 Å². The number of nitrogens with two attached hydrogens (primary N) is 1. The summed E-state index contributed by atoms with van der Waals surface area (Å²) in [4.78, 5) is 15.1. The second-order valence-electron chi connectivity index (χ2n) is 9.85. The van der Waals surface area contributed by atoms with E-state index in [1.807, 2.05) is 29.2 Å². The number of methoxy groups -OCH3 is 1. The highest BCUT2D eigenvalue weighted by molar-refractivity contribution is 5.74. The van der Waals surface area contributed by atoms with Crippen molar-refractivity contribution < 1.29 is 14.3 Å². The molecule has 3 rings (SSSR count). The lowest BCUT2D eigenvalue weighted by Gasteiger charge is -2.38. The van der Waals surface area contributed by atoms with Crippen LogP contribution in [0.15, 0.2) is 24.3 Å². The summed E-state index contributed by atoms with van der Waals surface area (Å²) >= 11 is 0. The molecule has 1 saturated heterocycles. The van der Waals surface area contributed by atoms with Crippen molar-refractivity contribution >= 4 is 6.03 Å². The quantitative estimate of drug-likeness (QED) is 0.468. The summed E-state index contributed by atoms with van der Waals surface area (Å²) in [5.74, 6) is 0.847. The molecule has 2 amide bonds. The summed E-state index contributed by atoms with van der Waals surface area (Å²) in [6.07, 6.45) is 9.97. The van der Waals surface area contributed by atoms with E-state index in [1.54, 1.807) is 7.11 Å². The van der Waals surface area contributed by atoms with Gasteiger partial charge in [-0.1, -0.05) is 44.2 Å². The summed E-state index contributed by atoms with van der Waals surface area (Å²) in [7, 11) is 1.69. The SMILES string of the molecule is COCCCO[C@@H](c1cccc(C#N)c1)[C@@H]1CCCN(C(=O)N[C@H](CN)CC2CCCCC2)C1. The van der Waals surface area contributed by atoms with Crippen LogP contribution in [0, 0.1) is 23.2 Å². The minimum atomic E-state index is -0.159. The van der Waals surface area contributed by atoms with Gasteiger partial charge in [-0.25, -0.2) is 4.79 Å². The number of rotatable bonds is 11. The molecular weight excluding hydrogens is 428 g/mol. The number of carbonyl (C=O) groups excluding carboxylic acids is 1. The van der Waals surface area contributed by atoms with Crippen molar-refractivity contribution in [2.45, 2.75) is 69.9 Å². The van der Waals surface area contributed by atoms with Crippen LogP contribution in [-0.2, 0) is 9.47 Å². The smallest absolute Gasteiger partial charge is 0.317 e. The lowest BCUT2D eigenvalue weighted by molar-refractivity contribution is -0.0168. The van der Waals surface area contributed by atoms with Crippen molar-refractivity contribution in [2.75, 3.05) is 40.0 Å². The molecule has 0 aromatic heterocycles. The van der Waals surface area contributed by atoms with Crippen LogP contribution in [0.1, 0.15) is 75.0 Å². The molecule has 2 aliphatic rings. The Labute approximate surface area is 205 Å². The van der Waals surface area contributed by atoms with Crippen molar-refractivity contribution in [1.82, 2.24) is 10.2 Å². The van der Waals surface area contributed by atoms with Crippen LogP contribution < -0.4 is 11.1 Å². The fourth-order valence-corrected chi connectivity index (χ4v) is 5.45. The molecule has 188 valence electrons. The van der Waals surface area contributed by atoms with E-state index >= 15 is 0 Å². The molecule has 3 N–H and O–H groups in total. The largest absolute Gasteiger partial charge is 0.385 e. The number of carbonyl (C=O) groups is 1. The van der Waals surface area contributed by atoms with Crippen molar-refractivity contribution in [3.05, 3.63) is 35.4 Å². The molecule has 2 fully saturated rings. The average molecular weight is 471 g/mol. The van der Waals surface area contributed by atoms with Crippen molar-refractivity contribution in [1.29, 1.82) is 5.26 Å². The maximum atomic E-state index is 13.2. The van der Waals surface area contributed by atoms with Gasteiger partial charge in [-0.3, -0.25) is 0 Å². The van der Waals surface area contributed by atoms with Crippen molar-refractivity contribution in [2.24, 2.45) is 17.6 Å². The normalized spacial score (nSPS) is 21.0. The number of hydrogen-bond donors (Lipinski definition) is 2. The van der Waals surface area contributed by atoms with Crippen LogP contribution in [0.5, 0.6) is 0 Å². The van der Waals surface area contributed by atoms with Gasteiger partial charge < -0.3 is 25.4 Å². The number of nitriles is 1. The van der Waals surface area contributed by atoms with E-state index in [0.29, 0.717) is 37.8 Å². The van der Waals surface area contributed by atoms with E-state index in [2.05, 4.69) is 11.4 Å². The summed E-state index contributed by atoms with van der Waals surface area (Å²) in [5.41, 5.74) is 7.66. The molecule has 0 bridgehead atoms. The van der Waals surface area contributed by atoms with Gasteiger partial charge in [0.25, 0.3) is 0 Å². The monoisotopic (exact) mass is 470 g/mol.